The fraction of sp³-hybridized carbons (Fsp3) is 0.250. The van der Waals surface area contributed by atoms with Gasteiger partial charge in [0.25, 0.3) is 0 Å². The van der Waals surface area contributed by atoms with Gasteiger partial charge < -0.3 is 4.74 Å². The van der Waals surface area contributed by atoms with Crippen LogP contribution in [0.2, 0.25) is 0 Å². The maximum atomic E-state index is 5.31. The lowest BCUT2D eigenvalue weighted by atomic mass is 9.94. The van der Waals surface area contributed by atoms with E-state index < -0.39 is 0 Å². The van der Waals surface area contributed by atoms with Gasteiger partial charge in [-0.3, -0.25) is 0 Å². The minimum absolute atomic E-state index is 0.932. The Balaban J connectivity index is 2.59. The van der Waals surface area contributed by atoms with E-state index in [1.54, 1.807) is 7.11 Å². The van der Waals surface area contributed by atoms with Crippen molar-refractivity contribution in [3.63, 3.8) is 0 Å². The van der Waals surface area contributed by atoms with Crippen LogP contribution >= 0.6 is 22.6 Å². The Morgan fingerprint density at radius 2 is 1.56 bits per heavy atom. The Bertz CT molecular complexity index is 565. The van der Waals surface area contributed by atoms with Crippen molar-refractivity contribution in [3.8, 4) is 16.9 Å². The van der Waals surface area contributed by atoms with Crippen LogP contribution < -0.4 is 4.74 Å². The van der Waals surface area contributed by atoms with Crippen LogP contribution in [0.15, 0.2) is 30.3 Å². The van der Waals surface area contributed by atoms with Crippen molar-refractivity contribution >= 4 is 22.6 Å². The number of rotatable bonds is 2. The van der Waals surface area contributed by atoms with E-state index in [1.165, 1.54) is 27.8 Å². The molecule has 0 fully saturated rings. The smallest absolute Gasteiger partial charge is 0.132 e. The van der Waals surface area contributed by atoms with Crippen molar-refractivity contribution in [2.24, 2.45) is 0 Å². The van der Waals surface area contributed by atoms with Gasteiger partial charge in [0.2, 0.25) is 0 Å². The second-order valence-electron chi connectivity index (χ2n) is 4.62. The molecule has 2 aromatic rings. The quantitative estimate of drug-likeness (QED) is 0.699. The van der Waals surface area contributed by atoms with Crippen LogP contribution in [0.1, 0.15) is 16.7 Å². The van der Waals surface area contributed by atoms with Gasteiger partial charge in [-0.05, 0) is 77.7 Å². The SMILES string of the molecule is COc1ccc(-c2c(C)cc(C)cc2C)cc1I. The maximum absolute atomic E-state index is 5.31. The Labute approximate surface area is 122 Å². The van der Waals surface area contributed by atoms with E-state index in [1.807, 2.05) is 6.07 Å². The molecule has 0 bridgehead atoms. The summed E-state index contributed by atoms with van der Waals surface area (Å²) in [7, 11) is 1.71. The zero-order chi connectivity index (χ0) is 13.3. The molecule has 0 heterocycles. The highest BCUT2D eigenvalue weighted by Crippen LogP contribution is 2.32. The van der Waals surface area contributed by atoms with E-state index in [9.17, 15) is 0 Å². The first-order valence-electron chi connectivity index (χ1n) is 5.94. The van der Waals surface area contributed by atoms with E-state index >= 15 is 0 Å². The van der Waals surface area contributed by atoms with Crippen LogP contribution in [0.3, 0.4) is 0 Å². The van der Waals surface area contributed by atoms with E-state index in [-0.39, 0.29) is 0 Å². The first-order valence-corrected chi connectivity index (χ1v) is 7.02. The summed E-state index contributed by atoms with van der Waals surface area (Å²) in [5.74, 6) is 0.932. The van der Waals surface area contributed by atoms with Crippen molar-refractivity contribution < 1.29 is 4.74 Å². The summed E-state index contributed by atoms with van der Waals surface area (Å²) in [6.45, 7) is 6.49. The van der Waals surface area contributed by atoms with Crippen LogP contribution in [-0.4, -0.2) is 7.11 Å². The average molecular weight is 352 g/mol. The van der Waals surface area contributed by atoms with Gasteiger partial charge in [-0.15, -0.1) is 0 Å². The summed E-state index contributed by atoms with van der Waals surface area (Å²) in [5.41, 5.74) is 6.57. The summed E-state index contributed by atoms with van der Waals surface area (Å²) < 4.78 is 6.45. The van der Waals surface area contributed by atoms with Crippen molar-refractivity contribution in [1.82, 2.24) is 0 Å². The zero-order valence-electron chi connectivity index (χ0n) is 11.2. The van der Waals surface area contributed by atoms with Crippen LogP contribution in [0.25, 0.3) is 11.1 Å². The molecule has 0 aliphatic rings. The Morgan fingerprint density at radius 3 is 2.06 bits per heavy atom. The molecule has 2 heteroatoms. The molecule has 0 atom stereocenters. The van der Waals surface area contributed by atoms with E-state index in [2.05, 4.69) is 67.6 Å². The summed E-state index contributed by atoms with van der Waals surface area (Å²) in [4.78, 5) is 0. The predicted octanol–water partition coefficient (Wildman–Crippen LogP) is 4.89. The molecule has 0 aromatic heterocycles. The lowest BCUT2D eigenvalue weighted by Gasteiger charge is -2.13. The van der Waals surface area contributed by atoms with Crippen molar-refractivity contribution in [2.45, 2.75) is 20.8 Å². The van der Waals surface area contributed by atoms with Gasteiger partial charge in [-0.25, -0.2) is 0 Å². The highest BCUT2D eigenvalue weighted by atomic mass is 127. The minimum Gasteiger partial charge on any atom is -0.496 e. The largest absolute Gasteiger partial charge is 0.496 e. The Kier molecular flexibility index (Phi) is 3.95. The van der Waals surface area contributed by atoms with Crippen molar-refractivity contribution in [1.29, 1.82) is 0 Å². The predicted molar refractivity (Wildman–Crippen MR) is 85.4 cm³/mol. The summed E-state index contributed by atoms with van der Waals surface area (Å²) in [5, 5.41) is 0. The molecule has 0 N–H and O–H groups in total. The summed E-state index contributed by atoms with van der Waals surface area (Å²) >= 11 is 2.32. The maximum Gasteiger partial charge on any atom is 0.132 e. The number of ether oxygens (including phenoxy) is 1. The Morgan fingerprint density at radius 1 is 0.944 bits per heavy atom. The third-order valence-electron chi connectivity index (χ3n) is 3.12. The Hall–Kier alpha value is -1.03. The highest BCUT2D eigenvalue weighted by molar-refractivity contribution is 14.1. The van der Waals surface area contributed by atoms with Gasteiger partial charge in [-0.2, -0.15) is 0 Å². The molecule has 1 nitrogen and oxygen atoms in total. The lowest BCUT2D eigenvalue weighted by Crippen LogP contribution is -1.92. The second kappa shape index (κ2) is 5.31. The number of methoxy groups -OCH3 is 1. The molecule has 0 aliphatic heterocycles. The minimum atomic E-state index is 0.932. The van der Waals surface area contributed by atoms with Gasteiger partial charge in [0.1, 0.15) is 5.75 Å². The molecule has 0 saturated heterocycles. The molecule has 94 valence electrons. The third-order valence-corrected chi connectivity index (χ3v) is 3.96. The van der Waals surface area contributed by atoms with Crippen LogP contribution in [0.5, 0.6) is 5.75 Å². The van der Waals surface area contributed by atoms with Crippen LogP contribution in [0, 0.1) is 24.3 Å². The normalized spacial score (nSPS) is 10.5. The van der Waals surface area contributed by atoms with Gasteiger partial charge in [0, 0.05) is 0 Å². The summed E-state index contributed by atoms with van der Waals surface area (Å²) in [6, 6.07) is 10.8. The molecule has 0 amide bonds. The van der Waals surface area contributed by atoms with E-state index in [0.29, 0.717) is 0 Å². The lowest BCUT2D eigenvalue weighted by molar-refractivity contribution is 0.412. The fourth-order valence-corrected chi connectivity index (χ4v) is 3.19. The summed E-state index contributed by atoms with van der Waals surface area (Å²) in [6.07, 6.45) is 0. The molecule has 0 radical (unpaired) electrons. The standard InChI is InChI=1S/C16H17IO/c1-10-7-11(2)16(12(3)8-10)13-5-6-15(18-4)14(17)9-13/h5-9H,1-4H3. The molecule has 0 aliphatic carbocycles. The topological polar surface area (TPSA) is 9.23 Å². The molecule has 18 heavy (non-hydrogen) atoms. The fourth-order valence-electron chi connectivity index (χ4n) is 2.46. The van der Waals surface area contributed by atoms with Crippen molar-refractivity contribution in [2.75, 3.05) is 7.11 Å². The molecule has 0 saturated carbocycles. The highest BCUT2D eigenvalue weighted by Gasteiger charge is 2.09. The molecular weight excluding hydrogens is 335 g/mol. The van der Waals surface area contributed by atoms with Gasteiger partial charge >= 0.3 is 0 Å². The van der Waals surface area contributed by atoms with E-state index in [0.717, 1.165) is 9.32 Å². The monoisotopic (exact) mass is 352 g/mol. The first kappa shape index (κ1) is 13.4. The third kappa shape index (κ3) is 2.53. The zero-order valence-corrected chi connectivity index (χ0v) is 13.3. The van der Waals surface area contributed by atoms with E-state index in [4.69, 9.17) is 4.74 Å². The molecular formula is C16H17IO. The van der Waals surface area contributed by atoms with Crippen molar-refractivity contribution in [3.05, 3.63) is 50.6 Å². The first-order chi connectivity index (χ1) is 8.52. The van der Waals surface area contributed by atoms with Gasteiger partial charge in [0.05, 0.1) is 10.7 Å². The number of benzene rings is 2. The van der Waals surface area contributed by atoms with Crippen LogP contribution in [0.4, 0.5) is 0 Å². The number of hydrogen-bond acceptors (Lipinski definition) is 1. The van der Waals surface area contributed by atoms with Gasteiger partial charge in [-0.1, -0.05) is 23.8 Å². The average Bonchev–Trinajstić information content (AvgIpc) is 2.27. The second-order valence-corrected chi connectivity index (χ2v) is 5.79. The molecule has 2 rings (SSSR count). The number of hydrogen-bond donors (Lipinski definition) is 0. The van der Waals surface area contributed by atoms with Gasteiger partial charge in [0.15, 0.2) is 0 Å². The molecule has 2 aromatic carbocycles. The number of aryl methyl sites for hydroxylation is 3. The molecule has 0 unspecified atom stereocenters. The molecule has 0 spiro atoms. The number of halogens is 1. The van der Waals surface area contributed by atoms with Crippen LogP contribution in [-0.2, 0) is 0 Å².